The van der Waals surface area contributed by atoms with Gasteiger partial charge in [-0.25, -0.2) is 0 Å². The first kappa shape index (κ1) is 14.6. The zero-order chi connectivity index (χ0) is 14.7. The Morgan fingerprint density at radius 3 is 2.86 bits per heavy atom. The van der Waals surface area contributed by atoms with Crippen LogP contribution >= 0.6 is 15.9 Å². The maximum Gasteiger partial charge on any atom is 0.247 e. The van der Waals surface area contributed by atoms with E-state index in [0.717, 1.165) is 16.6 Å². The number of aliphatic hydroxyl groups is 1. The molecule has 21 heavy (non-hydrogen) atoms. The number of rotatable bonds is 4. The largest absolute Gasteiger partial charge is 0.419 e. The van der Waals surface area contributed by atoms with Crippen molar-refractivity contribution in [3.05, 3.63) is 34.6 Å². The molecule has 7 heteroatoms. The van der Waals surface area contributed by atoms with Gasteiger partial charge >= 0.3 is 0 Å². The van der Waals surface area contributed by atoms with E-state index in [9.17, 15) is 5.11 Å². The highest BCUT2D eigenvalue weighted by Gasteiger charge is 2.24. The van der Waals surface area contributed by atoms with E-state index in [1.54, 1.807) is 0 Å². The van der Waals surface area contributed by atoms with Crippen molar-refractivity contribution in [2.75, 3.05) is 26.4 Å². The fourth-order valence-electron chi connectivity index (χ4n) is 2.27. The lowest BCUT2D eigenvalue weighted by Gasteiger charge is -2.33. The van der Waals surface area contributed by atoms with Crippen molar-refractivity contribution in [1.29, 1.82) is 0 Å². The summed E-state index contributed by atoms with van der Waals surface area (Å²) in [7, 11) is 0. The highest BCUT2D eigenvalue weighted by Crippen LogP contribution is 2.21. The fourth-order valence-corrected chi connectivity index (χ4v) is 2.53. The summed E-state index contributed by atoms with van der Waals surface area (Å²) in [6.45, 7) is 2.53. The molecular weight excluding hydrogens is 338 g/mol. The Morgan fingerprint density at radius 2 is 2.10 bits per heavy atom. The number of aromatic nitrogens is 2. The van der Waals surface area contributed by atoms with Gasteiger partial charge in [-0.1, -0.05) is 15.9 Å². The quantitative estimate of drug-likeness (QED) is 0.901. The topological polar surface area (TPSA) is 71.6 Å². The number of nitrogens with zero attached hydrogens (tertiary/aromatic N) is 3. The van der Waals surface area contributed by atoms with Crippen LogP contribution in [0, 0.1) is 0 Å². The normalized spacial score (nSPS) is 19.8. The number of halogens is 1. The van der Waals surface area contributed by atoms with Gasteiger partial charge in [0.1, 0.15) is 0 Å². The molecule has 1 atom stereocenters. The van der Waals surface area contributed by atoms with Crippen LogP contribution in [0.1, 0.15) is 5.89 Å². The smallest absolute Gasteiger partial charge is 0.247 e. The van der Waals surface area contributed by atoms with Gasteiger partial charge < -0.3 is 14.3 Å². The Bertz CT molecular complexity index is 587. The first-order chi connectivity index (χ1) is 10.3. The number of ether oxygens (including phenoxy) is 1. The van der Waals surface area contributed by atoms with Crippen LogP contribution in [0.25, 0.3) is 11.5 Å². The van der Waals surface area contributed by atoms with E-state index < -0.39 is 0 Å². The second-order valence-electron chi connectivity index (χ2n) is 4.89. The van der Waals surface area contributed by atoms with Gasteiger partial charge in [0.15, 0.2) is 0 Å². The summed E-state index contributed by atoms with van der Waals surface area (Å²) in [5.74, 6) is 1.06. The third kappa shape index (κ3) is 3.49. The van der Waals surface area contributed by atoms with Crippen molar-refractivity contribution < 1.29 is 14.3 Å². The Labute approximate surface area is 130 Å². The van der Waals surface area contributed by atoms with Crippen molar-refractivity contribution in [3.63, 3.8) is 0 Å². The molecule has 1 aromatic heterocycles. The van der Waals surface area contributed by atoms with Crippen LogP contribution in [-0.4, -0.2) is 52.6 Å². The molecule has 0 amide bonds. The number of hydrogen-bond donors (Lipinski definition) is 1. The fraction of sp³-hybridized carbons (Fsp3) is 0.429. The minimum Gasteiger partial charge on any atom is -0.419 e. The second-order valence-corrected chi connectivity index (χ2v) is 5.81. The van der Waals surface area contributed by atoms with Gasteiger partial charge in [-0.05, 0) is 24.3 Å². The molecule has 1 aliphatic rings. The molecular formula is C14H16BrN3O3. The molecule has 0 spiro atoms. The van der Waals surface area contributed by atoms with Crippen molar-refractivity contribution in [2.24, 2.45) is 0 Å². The lowest BCUT2D eigenvalue weighted by atomic mass is 10.2. The first-order valence-corrected chi connectivity index (χ1v) is 7.56. The average Bonchev–Trinajstić information content (AvgIpc) is 2.97. The molecule has 0 radical (unpaired) electrons. The lowest BCUT2D eigenvalue weighted by Crippen LogP contribution is -2.46. The van der Waals surface area contributed by atoms with Crippen LogP contribution in [0.15, 0.2) is 33.2 Å². The van der Waals surface area contributed by atoms with Crippen molar-refractivity contribution in [3.8, 4) is 11.5 Å². The lowest BCUT2D eigenvalue weighted by molar-refractivity contribution is -0.0342. The third-order valence-electron chi connectivity index (χ3n) is 3.46. The van der Waals surface area contributed by atoms with Gasteiger partial charge in [-0.2, -0.15) is 0 Å². The van der Waals surface area contributed by atoms with Crippen LogP contribution in [0.2, 0.25) is 0 Å². The number of aliphatic hydroxyl groups excluding tert-OH is 1. The highest BCUT2D eigenvalue weighted by atomic mass is 79.9. The molecule has 1 aromatic carbocycles. The summed E-state index contributed by atoms with van der Waals surface area (Å²) in [5, 5.41) is 17.5. The molecule has 1 aliphatic heterocycles. The Hall–Kier alpha value is -1.28. The molecule has 0 saturated carbocycles. The predicted molar refractivity (Wildman–Crippen MR) is 79.5 cm³/mol. The van der Waals surface area contributed by atoms with Crippen LogP contribution in [-0.2, 0) is 11.3 Å². The summed E-state index contributed by atoms with van der Waals surface area (Å²) in [6.07, 6.45) is 0. The van der Waals surface area contributed by atoms with Crippen LogP contribution < -0.4 is 0 Å². The summed E-state index contributed by atoms with van der Waals surface area (Å²) in [6, 6.07) is 7.70. The molecule has 2 heterocycles. The monoisotopic (exact) mass is 353 g/mol. The van der Waals surface area contributed by atoms with Crippen molar-refractivity contribution >= 4 is 15.9 Å². The van der Waals surface area contributed by atoms with E-state index >= 15 is 0 Å². The molecule has 1 unspecified atom stereocenters. The Kier molecular flexibility index (Phi) is 4.64. The van der Waals surface area contributed by atoms with Crippen molar-refractivity contribution in [2.45, 2.75) is 12.6 Å². The van der Waals surface area contributed by atoms with E-state index in [1.165, 1.54) is 0 Å². The summed E-state index contributed by atoms with van der Waals surface area (Å²) in [5.41, 5.74) is 0.887. The number of hydrogen-bond acceptors (Lipinski definition) is 6. The molecule has 0 aliphatic carbocycles. The molecule has 6 nitrogen and oxygen atoms in total. The molecule has 0 bridgehead atoms. The second kappa shape index (κ2) is 6.65. The molecule has 1 N–H and O–H groups in total. The third-order valence-corrected chi connectivity index (χ3v) is 3.99. The van der Waals surface area contributed by atoms with Gasteiger partial charge in [0.2, 0.25) is 11.8 Å². The van der Waals surface area contributed by atoms with Gasteiger partial charge in [0, 0.05) is 16.6 Å². The van der Waals surface area contributed by atoms with Crippen LogP contribution in [0.4, 0.5) is 0 Å². The van der Waals surface area contributed by atoms with Crippen LogP contribution in [0.3, 0.4) is 0 Å². The van der Waals surface area contributed by atoms with E-state index in [1.807, 2.05) is 24.3 Å². The predicted octanol–water partition coefficient (Wildman–Crippen LogP) is 1.69. The van der Waals surface area contributed by atoms with E-state index in [2.05, 4.69) is 31.0 Å². The van der Waals surface area contributed by atoms with Gasteiger partial charge in [0.25, 0.3) is 0 Å². The van der Waals surface area contributed by atoms with Gasteiger partial charge in [0.05, 0.1) is 32.4 Å². The molecule has 1 saturated heterocycles. The summed E-state index contributed by atoms with van der Waals surface area (Å²) in [4.78, 5) is 2.10. The minimum absolute atomic E-state index is 0.0122. The summed E-state index contributed by atoms with van der Waals surface area (Å²) < 4.78 is 12.1. The van der Waals surface area contributed by atoms with E-state index in [0.29, 0.717) is 31.5 Å². The number of benzene rings is 1. The van der Waals surface area contributed by atoms with E-state index in [-0.39, 0.29) is 12.6 Å². The van der Waals surface area contributed by atoms with E-state index in [4.69, 9.17) is 9.15 Å². The Balaban J connectivity index is 1.71. The minimum atomic E-state index is -0.0122. The zero-order valence-corrected chi connectivity index (χ0v) is 13.0. The SMILES string of the molecule is OCC1COCCN1Cc1nnc(-c2ccc(Br)cc2)o1. The standard InChI is InChI=1S/C14H16BrN3O3/c15-11-3-1-10(2-4-11)14-17-16-13(21-14)7-18-5-6-20-9-12(18)8-19/h1-4,12,19H,5-9H2. The van der Waals surface area contributed by atoms with Gasteiger partial charge in [-0.15, -0.1) is 10.2 Å². The van der Waals surface area contributed by atoms with Gasteiger partial charge in [-0.3, -0.25) is 4.90 Å². The maximum atomic E-state index is 9.36. The zero-order valence-electron chi connectivity index (χ0n) is 11.4. The first-order valence-electron chi connectivity index (χ1n) is 6.77. The molecule has 1 fully saturated rings. The molecule has 112 valence electrons. The number of morpholine rings is 1. The molecule has 2 aromatic rings. The Morgan fingerprint density at radius 1 is 1.29 bits per heavy atom. The maximum absolute atomic E-state index is 9.36. The highest BCUT2D eigenvalue weighted by molar-refractivity contribution is 9.10. The summed E-state index contributed by atoms with van der Waals surface area (Å²) >= 11 is 3.39. The molecule has 3 rings (SSSR count). The van der Waals surface area contributed by atoms with Crippen molar-refractivity contribution in [1.82, 2.24) is 15.1 Å². The average molecular weight is 354 g/mol. The van der Waals surface area contributed by atoms with Crippen LogP contribution in [0.5, 0.6) is 0 Å².